The quantitative estimate of drug-likeness (QED) is 0.492. The number of nitrogens with one attached hydrogen (secondary N) is 1. The fourth-order valence-corrected chi connectivity index (χ4v) is 1.73. The third-order valence-corrected chi connectivity index (χ3v) is 2.76. The maximum Gasteiger partial charge on any atom is 0.324 e. The number of alkyl halides is 4. The maximum atomic E-state index is 12.5. The van der Waals surface area contributed by atoms with E-state index in [1.807, 2.05) is 0 Å². The smallest absolute Gasteiger partial charge is 0.307 e. The molecular formula is C8H8F4N2O2S. The number of nitrogens with zero attached hydrogens (tertiary/aromatic N) is 1. The number of thiophene rings is 1. The number of hydrogen-bond acceptors (Lipinski definition) is 4. The van der Waals surface area contributed by atoms with Crippen LogP contribution in [0, 0.1) is 10.1 Å². The molecule has 1 aromatic rings. The van der Waals surface area contributed by atoms with Crippen molar-refractivity contribution in [3.05, 3.63) is 27.1 Å². The van der Waals surface area contributed by atoms with Gasteiger partial charge in [-0.25, -0.2) is 8.78 Å². The van der Waals surface area contributed by atoms with Crippen LogP contribution in [-0.2, 0) is 6.54 Å². The van der Waals surface area contributed by atoms with E-state index in [0.717, 1.165) is 11.3 Å². The number of rotatable bonds is 6. The molecular weight excluding hydrogens is 264 g/mol. The van der Waals surface area contributed by atoms with Crippen LogP contribution < -0.4 is 5.32 Å². The van der Waals surface area contributed by atoms with Gasteiger partial charge in [0.05, 0.1) is 11.5 Å². The fraction of sp³-hybridized carbons (Fsp3) is 0.500. The Morgan fingerprint density at radius 2 is 2.18 bits per heavy atom. The van der Waals surface area contributed by atoms with E-state index in [2.05, 4.69) is 5.32 Å². The third-order valence-electron chi connectivity index (χ3n) is 1.83. The molecule has 0 aliphatic heterocycles. The van der Waals surface area contributed by atoms with E-state index in [9.17, 15) is 27.7 Å². The van der Waals surface area contributed by atoms with Gasteiger partial charge in [0.15, 0.2) is 0 Å². The second-order valence-electron chi connectivity index (χ2n) is 3.22. The van der Waals surface area contributed by atoms with E-state index in [1.165, 1.54) is 11.4 Å². The average Bonchev–Trinajstić information content (AvgIpc) is 2.66. The van der Waals surface area contributed by atoms with E-state index in [1.54, 1.807) is 0 Å². The Morgan fingerprint density at radius 1 is 1.53 bits per heavy atom. The molecule has 1 rings (SSSR count). The van der Waals surface area contributed by atoms with Crippen molar-refractivity contribution >= 4 is 16.3 Å². The highest BCUT2D eigenvalue weighted by Gasteiger charge is 2.39. The van der Waals surface area contributed by atoms with E-state index >= 15 is 0 Å². The predicted octanol–water partition coefficient (Wildman–Crippen LogP) is 2.65. The Kier molecular flexibility index (Phi) is 4.40. The number of halogens is 4. The monoisotopic (exact) mass is 272 g/mol. The summed E-state index contributed by atoms with van der Waals surface area (Å²) in [7, 11) is 0. The van der Waals surface area contributed by atoms with Crippen molar-refractivity contribution in [1.29, 1.82) is 0 Å². The summed E-state index contributed by atoms with van der Waals surface area (Å²) in [5, 5.41) is 13.7. The normalized spacial score (nSPS) is 12.1. The van der Waals surface area contributed by atoms with Crippen LogP contribution in [-0.4, -0.2) is 23.8 Å². The minimum atomic E-state index is -4.10. The molecule has 1 aromatic heterocycles. The van der Waals surface area contributed by atoms with Gasteiger partial charge >= 0.3 is 17.3 Å². The molecule has 1 heterocycles. The van der Waals surface area contributed by atoms with Crippen LogP contribution in [0.5, 0.6) is 0 Å². The minimum Gasteiger partial charge on any atom is -0.307 e. The minimum absolute atomic E-state index is 0.118. The van der Waals surface area contributed by atoms with Crippen molar-refractivity contribution in [2.75, 3.05) is 6.54 Å². The molecule has 0 saturated heterocycles. The second kappa shape index (κ2) is 5.41. The van der Waals surface area contributed by atoms with Crippen LogP contribution in [0.4, 0.5) is 22.6 Å². The maximum absolute atomic E-state index is 12.5. The topological polar surface area (TPSA) is 55.2 Å². The summed E-state index contributed by atoms with van der Waals surface area (Å²) >= 11 is 0.847. The summed E-state index contributed by atoms with van der Waals surface area (Å²) < 4.78 is 48.5. The summed E-state index contributed by atoms with van der Waals surface area (Å²) in [5.41, 5.74) is 0.409. The summed E-state index contributed by atoms with van der Waals surface area (Å²) in [6.45, 7) is -1.29. The lowest BCUT2D eigenvalue weighted by Gasteiger charge is -2.15. The Balaban J connectivity index is 2.43. The van der Waals surface area contributed by atoms with Crippen molar-refractivity contribution in [1.82, 2.24) is 5.32 Å². The predicted molar refractivity (Wildman–Crippen MR) is 53.6 cm³/mol. The van der Waals surface area contributed by atoms with E-state index in [4.69, 9.17) is 0 Å². The zero-order valence-electron chi connectivity index (χ0n) is 8.33. The van der Waals surface area contributed by atoms with Gasteiger partial charge in [-0.15, -0.1) is 0 Å². The third kappa shape index (κ3) is 3.93. The van der Waals surface area contributed by atoms with E-state index in [0.29, 0.717) is 5.56 Å². The van der Waals surface area contributed by atoms with Crippen molar-refractivity contribution in [2.24, 2.45) is 0 Å². The molecule has 1 N–H and O–H groups in total. The van der Waals surface area contributed by atoms with Crippen molar-refractivity contribution in [3.8, 4) is 0 Å². The van der Waals surface area contributed by atoms with Gasteiger partial charge in [-0.2, -0.15) is 8.78 Å². The summed E-state index contributed by atoms with van der Waals surface area (Å²) in [5.74, 6) is -4.10. The molecule has 0 bridgehead atoms. The van der Waals surface area contributed by atoms with Crippen molar-refractivity contribution in [2.45, 2.75) is 18.9 Å². The SMILES string of the molecule is O=[N+]([O-])c1cc(CNCC(F)(F)C(F)F)cs1. The molecule has 4 nitrogen and oxygen atoms in total. The van der Waals surface area contributed by atoms with Crippen LogP contribution in [0.15, 0.2) is 11.4 Å². The van der Waals surface area contributed by atoms with Crippen LogP contribution >= 0.6 is 11.3 Å². The molecule has 0 radical (unpaired) electrons. The number of nitro groups is 1. The van der Waals surface area contributed by atoms with E-state index in [-0.39, 0.29) is 11.5 Å². The molecule has 0 saturated carbocycles. The molecule has 17 heavy (non-hydrogen) atoms. The molecule has 0 unspecified atom stereocenters. The molecule has 0 amide bonds. The average molecular weight is 272 g/mol. The van der Waals surface area contributed by atoms with Crippen LogP contribution in [0.2, 0.25) is 0 Å². The zero-order valence-corrected chi connectivity index (χ0v) is 9.15. The molecule has 9 heteroatoms. The molecule has 0 aromatic carbocycles. The fourth-order valence-electron chi connectivity index (χ4n) is 1.00. The molecule has 0 fully saturated rings. The summed E-state index contributed by atoms with van der Waals surface area (Å²) in [6.07, 6.45) is -3.73. The van der Waals surface area contributed by atoms with Gasteiger partial charge in [-0.3, -0.25) is 10.1 Å². The van der Waals surface area contributed by atoms with Crippen molar-refractivity contribution < 1.29 is 22.5 Å². The first-order chi connectivity index (χ1) is 7.83. The lowest BCUT2D eigenvalue weighted by atomic mass is 10.3. The first-order valence-electron chi connectivity index (χ1n) is 4.41. The Bertz CT molecular complexity index is 397. The molecule has 0 atom stereocenters. The Hall–Kier alpha value is -1.22. The molecule has 0 aliphatic carbocycles. The van der Waals surface area contributed by atoms with Gasteiger partial charge in [0.25, 0.3) is 0 Å². The van der Waals surface area contributed by atoms with Crippen LogP contribution in [0.1, 0.15) is 5.56 Å². The lowest BCUT2D eigenvalue weighted by Crippen LogP contribution is -2.38. The highest BCUT2D eigenvalue weighted by Crippen LogP contribution is 2.24. The molecule has 0 aliphatic rings. The van der Waals surface area contributed by atoms with E-state index < -0.39 is 23.8 Å². The Morgan fingerprint density at radius 3 is 2.65 bits per heavy atom. The number of hydrogen-bond donors (Lipinski definition) is 1. The molecule has 0 spiro atoms. The van der Waals surface area contributed by atoms with Gasteiger partial charge in [-0.05, 0) is 5.56 Å². The summed E-state index contributed by atoms with van der Waals surface area (Å²) in [4.78, 5) is 9.70. The van der Waals surface area contributed by atoms with Gasteiger partial charge in [0, 0.05) is 18.0 Å². The van der Waals surface area contributed by atoms with Crippen LogP contribution in [0.25, 0.3) is 0 Å². The first-order valence-corrected chi connectivity index (χ1v) is 5.29. The largest absolute Gasteiger partial charge is 0.324 e. The van der Waals surface area contributed by atoms with Gasteiger partial charge in [0.2, 0.25) is 0 Å². The zero-order chi connectivity index (χ0) is 13.1. The van der Waals surface area contributed by atoms with Crippen LogP contribution in [0.3, 0.4) is 0 Å². The van der Waals surface area contributed by atoms with Gasteiger partial charge < -0.3 is 5.32 Å². The first kappa shape index (κ1) is 13.8. The van der Waals surface area contributed by atoms with Gasteiger partial charge in [-0.1, -0.05) is 11.3 Å². The second-order valence-corrected chi connectivity index (χ2v) is 4.11. The standard InChI is InChI=1S/C8H8F4N2O2S/c9-7(10)8(11,12)4-13-2-5-1-6(14(15)16)17-3-5/h1,3,7,13H,2,4H2. The summed E-state index contributed by atoms with van der Waals surface area (Å²) in [6, 6.07) is 1.21. The highest BCUT2D eigenvalue weighted by atomic mass is 32.1. The highest BCUT2D eigenvalue weighted by molar-refractivity contribution is 7.13. The lowest BCUT2D eigenvalue weighted by molar-refractivity contribution is -0.380. The molecule has 96 valence electrons. The Labute approximate surface area is 97.4 Å². The van der Waals surface area contributed by atoms with Gasteiger partial charge in [0.1, 0.15) is 0 Å². The van der Waals surface area contributed by atoms with Crippen molar-refractivity contribution in [3.63, 3.8) is 0 Å².